The predicted octanol–water partition coefficient (Wildman–Crippen LogP) is 1.23. The van der Waals surface area contributed by atoms with Gasteiger partial charge in [0.15, 0.2) is 0 Å². The second-order valence-corrected chi connectivity index (χ2v) is 5.84. The average molecular weight is 292 g/mol. The predicted molar refractivity (Wildman–Crippen MR) is 81.2 cm³/mol. The fraction of sp³-hybridized carbons (Fsp3) is 0.562. The fourth-order valence-electron chi connectivity index (χ4n) is 2.60. The first-order chi connectivity index (χ1) is 10.0. The van der Waals surface area contributed by atoms with Crippen LogP contribution in [0.4, 0.5) is 0 Å². The van der Waals surface area contributed by atoms with Gasteiger partial charge in [0.05, 0.1) is 18.6 Å². The van der Waals surface area contributed by atoms with E-state index >= 15 is 0 Å². The van der Waals surface area contributed by atoms with Crippen molar-refractivity contribution in [2.75, 3.05) is 26.7 Å². The molecule has 0 radical (unpaired) electrons. The summed E-state index contributed by atoms with van der Waals surface area (Å²) < 4.78 is 5.08. The zero-order valence-corrected chi connectivity index (χ0v) is 12.7. The number of ether oxygens (including phenoxy) is 1. The van der Waals surface area contributed by atoms with Gasteiger partial charge in [0.2, 0.25) is 5.91 Å². The van der Waals surface area contributed by atoms with E-state index in [1.807, 2.05) is 6.92 Å². The van der Waals surface area contributed by atoms with Crippen LogP contribution in [0.15, 0.2) is 24.3 Å². The molecule has 0 bridgehead atoms. The number of piperidine rings is 1. The number of carbonyl (C=O) groups is 1. The van der Waals surface area contributed by atoms with Crippen LogP contribution in [0.5, 0.6) is 5.75 Å². The molecule has 1 aliphatic heterocycles. The number of nitrogens with one attached hydrogen (secondary N) is 2. The molecule has 2 unspecified atom stereocenters. The van der Waals surface area contributed by atoms with Crippen LogP contribution in [0.25, 0.3) is 0 Å². The van der Waals surface area contributed by atoms with Gasteiger partial charge in [-0.25, -0.2) is 0 Å². The lowest BCUT2D eigenvalue weighted by molar-refractivity contribution is -0.131. The topological polar surface area (TPSA) is 70.6 Å². The van der Waals surface area contributed by atoms with Gasteiger partial charge >= 0.3 is 0 Å². The summed E-state index contributed by atoms with van der Waals surface area (Å²) in [6.07, 6.45) is 1.18. The highest BCUT2D eigenvalue weighted by molar-refractivity contribution is 5.82. The molecule has 0 spiro atoms. The maximum Gasteiger partial charge on any atom is 0.227 e. The summed E-state index contributed by atoms with van der Waals surface area (Å²) in [6.45, 7) is 3.85. The number of benzene rings is 1. The van der Waals surface area contributed by atoms with Crippen molar-refractivity contribution in [1.82, 2.24) is 10.6 Å². The van der Waals surface area contributed by atoms with Crippen LogP contribution in [-0.2, 0) is 4.79 Å². The summed E-state index contributed by atoms with van der Waals surface area (Å²) in [4.78, 5) is 12.3. The molecule has 1 fully saturated rings. The molecule has 1 aromatic carbocycles. The highest BCUT2D eigenvalue weighted by Gasteiger charge is 2.34. The van der Waals surface area contributed by atoms with E-state index in [0.717, 1.165) is 30.7 Å². The fourth-order valence-corrected chi connectivity index (χ4v) is 2.60. The largest absolute Gasteiger partial charge is 0.497 e. The molecule has 1 amide bonds. The number of aliphatic hydroxyl groups is 1. The van der Waals surface area contributed by atoms with Crippen molar-refractivity contribution in [3.05, 3.63) is 29.8 Å². The first-order valence-electron chi connectivity index (χ1n) is 7.36. The lowest BCUT2D eigenvalue weighted by atomic mass is 9.82. The van der Waals surface area contributed by atoms with Crippen molar-refractivity contribution in [2.24, 2.45) is 5.41 Å². The van der Waals surface area contributed by atoms with Gasteiger partial charge in [0.25, 0.3) is 0 Å². The van der Waals surface area contributed by atoms with Crippen LogP contribution in [0.1, 0.15) is 31.4 Å². The average Bonchev–Trinajstić information content (AvgIpc) is 2.53. The molecular weight excluding hydrogens is 268 g/mol. The highest BCUT2D eigenvalue weighted by atomic mass is 16.5. The van der Waals surface area contributed by atoms with Gasteiger partial charge in [-0.3, -0.25) is 4.79 Å². The van der Waals surface area contributed by atoms with Crippen molar-refractivity contribution in [1.29, 1.82) is 0 Å². The summed E-state index contributed by atoms with van der Waals surface area (Å²) in [7, 11) is 1.60. The number of hydrogen-bond acceptors (Lipinski definition) is 4. The Morgan fingerprint density at radius 3 is 2.76 bits per heavy atom. The number of carbonyl (C=O) groups excluding carboxylic acids is 1. The number of rotatable bonds is 5. The second kappa shape index (κ2) is 6.91. The molecule has 5 heteroatoms. The zero-order valence-electron chi connectivity index (χ0n) is 12.7. The van der Waals surface area contributed by atoms with Crippen LogP contribution >= 0.6 is 0 Å². The van der Waals surface area contributed by atoms with E-state index in [1.165, 1.54) is 0 Å². The Morgan fingerprint density at radius 2 is 2.19 bits per heavy atom. The number of aliphatic hydroxyl groups excluding tert-OH is 1. The van der Waals surface area contributed by atoms with Gasteiger partial charge in [-0.1, -0.05) is 12.1 Å². The number of methoxy groups -OCH3 is 1. The number of amides is 1. The van der Waals surface area contributed by atoms with E-state index in [2.05, 4.69) is 10.6 Å². The molecule has 2 atom stereocenters. The van der Waals surface area contributed by atoms with E-state index in [9.17, 15) is 9.90 Å². The van der Waals surface area contributed by atoms with Crippen LogP contribution in [0, 0.1) is 5.41 Å². The molecular formula is C16H24N2O3. The minimum absolute atomic E-state index is 0.00209. The molecule has 2 rings (SSSR count). The molecule has 1 aliphatic rings. The van der Waals surface area contributed by atoms with Crippen molar-refractivity contribution < 1.29 is 14.6 Å². The normalized spacial score (nSPS) is 23.4. The Balaban J connectivity index is 1.87. The van der Waals surface area contributed by atoms with Crippen molar-refractivity contribution in [2.45, 2.75) is 25.9 Å². The summed E-state index contributed by atoms with van der Waals surface area (Å²) in [5.41, 5.74) is 0.390. The molecule has 1 heterocycles. The van der Waals surface area contributed by atoms with Gasteiger partial charge in [0.1, 0.15) is 5.75 Å². The van der Waals surface area contributed by atoms with E-state index in [0.29, 0.717) is 6.54 Å². The Hall–Kier alpha value is -1.59. The van der Waals surface area contributed by atoms with Crippen molar-refractivity contribution in [3.8, 4) is 5.75 Å². The quantitative estimate of drug-likeness (QED) is 0.763. The first kappa shape index (κ1) is 15.8. The van der Waals surface area contributed by atoms with Gasteiger partial charge in [-0.15, -0.1) is 0 Å². The Kier molecular flexibility index (Phi) is 5.20. The van der Waals surface area contributed by atoms with Crippen LogP contribution in [0.2, 0.25) is 0 Å². The summed E-state index contributed by atoms with van der Waals surface area (Å²) in [6, 6.07) is 7.21. The Bertz CT molecular complexity index is 467. The highest BCUT2D eigenvalue weighted by Crippen LogP contribution is 2.25. The monoisotopic (exact) mass is 292 g/mol. The summed E-state index contributed by atoms with van der Waals surface area (Å²) in [5, 5.41) is 16.3. The smallest absolute Gasteiger partial charge is 0.227 e. The van der Waals surface area contributed by atoms with Crippen molar-refractivity contribution >= 4 is 5.91 Å². The third kappa shape index (κ3) is 3.95. The van der Waals surface area contributed by atoms with Crippen LogP contribution in [0.3, 0.4) is 0 Å². The van der Waals surface area contributed by atoms with Gasteiger partial charge < -0.3 is 20.5 Å². The van der Waals surface area contributed by atoms with E-state index < -0.39 is 6.10 Å². The minimum Gasteiger partial charge on any atom is -0.497 e. The molecule has 0 aliphatic carbocycles. The Morgan fingerprint density at radius 1 is 1.48 bits per heavy atom. The maximum atomic E-state index is 12.3. The van der Waals surface area contributed by atoms with Gasteiger partial charge in [0, 0.05) is 13.1 Å². The van der Waals surface area contributed by atoms with Crippen LogP contribution < -0.4 is 15.4 Å². The summed E-state index contributed by atoms with van der Waals surface area (Å²) >= 11 is 0. The molecule has 21 heavy (non-hydrogen) atoms. The molecule has 1 saturated heterocycles. The molecule has 116 valence electrons. The lowest BCUT2D eigenvalue weighted by Gasteiger charge is -2.32. The second-order valence-electron chi connectivity index (χ2n) is 5.84. The van der Waals surface area contributed by atoms with Gasteiger partial charge in [-0.2, -0.15) is 0 Å². The number of hydrogen-bond donors (Lipinski definition) is 3. The van der Waals surface area contributed by atoms with Crippen LogP contribution in [-0.4, -0.2) is 37.8 Å². The summed E-state index contributed by atoms with van der Waals surface area (Å²) in [5.74, 6) is 0.748. The van der Waals surface area contributed by atoms with Gasteiger partial charge in [-0.05, 0) is 44.0 Å². The molecule has 0 aromatic heterocycles. The third-order valence-corrected chi connectivity index (χ3v) is 4.10. The van der Waals surface area contributed by atoms with Crippen molar-refractivity contribution in [3.63, 3.8) is 0 Å². The lowest BCUT2D eigenvalue weighted by Crippen LogP contribution is -2.49. The maximum absolute atomic E-state index is 12.3. The van der Waals surface area contributed by atoms with E-state index in [-0.39, 0.29) is 17.9 Å². The van der Waals surface area contributed by atoms with E-state index in [1.54, 1.807) is 31.4 Å². The molecule has 0 saturated carbocycles. The molecule has 1 aromatic rings. The van der Waals surface area contributed by atoms with E-state index in [4.69, 9.17) is 4.74 Å². The molecule has 3 N–H and O–H groups in total. The third-order valence-electron chi connectivity index (χ3n) is 4.10. The first-order valence-corrected chi connectivity index (χ1v) is 7.36. The Labute approximate surface area is 125 Å². The SMILES string of the molecule is COc1ccc(C(O)CNC(=O)C2(C)CCCNC2)cc1. The zero-order chi connectivity index (χ0) is 15.3. The minimum atomic E-state index is -0.708. The molecule has 5 nitrogen and oxygen atoms in total. The standard InChI is InChI=1S/C16H24N2O3/c1-16(8-3-9-17-11-16)15(20)18-10-14(19)12-4-6-13(21-2)7-5-12/h4-7,14,17,19H,3,8-11H2,1-2H3,(H,18,20).